The van der Waals surface area contributed by atoms with E-state index in [4.69, 9.17) is 28.9 Å². The minimum absolute atomic E-state index is 0.0361. The van der Waals surface area contributed by atoms with Crippen LogP contribution in [0.3, 0.4) is 0 Å². The van der Waals surface area contributed by atoms with E-state index >= 15 is 0 Å². The van der Waals surface area contributed by atoms with Crippen molar-refractivity contribution in [1.82, 2.24) is 9.55 Å². The fourth-order valence-electron chi connectivity index (χ4n) is 4.45. The fourth-order valence-corrected chi connectivity index (χ4v) is 4.45. The third-order valence-electron chi connectivity index (χ3n) is 5.71. The molecule has 11 nitrogen and oxygen atoms in total. The van der Waals surface area contributed by atoms with E-state index < -0.39 is 35.5 Å². The molecule has 3 fully saturated rings. The standard InChI is InChI=1S/C21H23N3O8/c1-11(25)29-13-6-4-12(5-7-13)10-28-15-16-21(15)17(31-20(2,3)32-21)18(30-16)24-9-8-14(23-27)22-19(24)26/h4-9,15-18,27H,10H2,1-3H3,(H,22,23,26)/t15?,16-,17+,18-,21-/m1/s1. The number of rotatable bonds is 6. The van der Waals surface area contributed by atoms with E-state index in [1.165, 1.54) is 23.8 Å². The lowest BCUT2D eigenvalue weighted by Gasteiger charge is -2.24. The Morgan fingerprint density at radius 3 is 2.66 bits per heavy atom. The van der Waals surface area contributed by atoms with E-state index in [0.717, 1.165) is 5.56 Å². The van der Waals surface area contributed by atoms with Crippen LogP contribution in [0.25, 0.3) is 0 Å². The molecule has 1 unspecified atom stereocenters. The van der Waals surface area contributed by atoms with Crippen molar-refractivity contribution in [3.63, 3.8) is 0 Å². The van der Waals surface area contributed by atoms with Crippen LogP contribution in [-0.2, 0) is 30.3 Å². The summed E-state index contributed by atoms with van der Waals surface area (Å²) in [5.41, 5.74) is 1.31. The molecule has 0 amide bonds. The molecule has 3 heterocycles. The average Bonchev–Trinajstić information content (AvgIpc) is 3.03. The average molecular weight is 445 g/mol. The van der Waals surface area contributed by atoms with E-state index in [9.17, 15) is 9.59 Å². The van der Waals surface area contributed by atoms with Gasteiger partial charge in [-0.3, -0.25) is 20.0 Å². The quantitative estimate of drug-likeness (QED) is 0.382. The van der Waals surface area contributed by atoms with Gasteiger partial charge in [0.15, 0.2) is 23.4 Å². The predicted molar refractivity (Wildman–Crippen MR) is 107 cm³/mol. The maximum Gasteiger partial charge on any atom is 0.351 e. The van der Waals surface area contributed by atoms with Crippen LogP contribution in [0, 0.1) is 0 Å². The SMILES string of the molecule is CC(=O)Oc1ccc(COC2[C@H]3O[C@@H](n4ccc(NO)nc4=O)[C@@H]4OC(C)(C)O[C@]234)cc1. The van der Waals surface area contributed by atoms with Gasteiger partial charge >= 0.3 is 11.7 Å². The van der Waals surface area contributed by atoms with Crippen LogP contribution >= 0.6 is 0 Å². The topological polar surface area (TPSA) is 130 Å². The maximum atomic E-state index is 12.4. The molecule has 1 aromatic carbocycles. The Kier molecular flexibility index (Phi) is 4.84. The van der Waals surface area contributed by atoms with Gasteiger partial charge in [-0.15, -0.1) is 0 Å². The van der Waals surface area contributed by atoms with Gasteiger partial charge in [0.05, 0.1) is 6.61 Å². The van der Waals surface area contributed by atoms with Crippen molar-refractivity contribution in [2.24, 2.45) is 0 Å². The Balaban J connectivity index is 1.31. The van der Waals surface area contributed by atoms with E-state index in [1.807, 2.05) is 17.6 Å². The molecule has 5 atom stereocenters. The first-order chi connectivity index (χ1) is 15.2. The molecule has 32 heavy (non-hydrogen) atoms. The van der Waals surface area contributed by atoms with Crippen LogP contribution in [0.15, 0.2) is 41.3 Å². The zero-order chi connectivity index (χ0) is 22.7. The molecule has 1 spiro atoms. The molecule has 11 heteroatoms. The smallest absolute Gasteiger partial charge is 0.351 e. The zero-order valence-electron chi connectivity index (χ0n) is 17.7. The van der Waals surface area contributed by atoms with Gasteiger partial charge in [-0.05, 0) is 37.6 Å². The van der Waals surface area contributed by atoms with Crippen LogP contribution in [0.2, 0.25) is 0 Å². The highest BCUT2D eigenvalue weighted by Gasteiger charge is 2.84. The Labute approximate surface area is 182 Å². The van der Waals surface area contributed by atoms with Gasteiger partial charge in [0, 0.05) is 13.1 Å². The highest BCUT2D eigenvalue weighted by molar-refractivity contribution is 5.69. The fraction of sp³-hybridized carbons (Fsp3) is 0.476. The molecule has 1 aliphatic carbocycles. The molecule has 2 aromatic rings. The van der Waals surface area contributed by atoms with Crippen molar-refractivity contribution in [3.05, 3.63) is 52.6 Å². The summed E-state index contributed by atoms with van der Waals surface area (Å²) in [5.74, 6) is -0.758. The van der Waals surface area contributed by atoms with E-state index in [0.29, 0.717) is 12.4 Å². The molecular weight excluding hydrogens is 422 g/mol. The molecule has 170 valence electrons. The highest BCUT2D eigenvalue weighted by atomic mass is 16.8. The summed E-state index contributed by atoms with van der Waals surface area (Å²) in [6.45, 7) is 5.25. The number of esters is 1. The van der Waals surface area contributed by atoms with Crippen molar-refractivity contribution < 1.29 is 33.7 Å². The third kappa shape index (κ3) is 3.38. The normalized spacial score (nSPS) is 31.6. The van der Waals surface area contributed by atoms with Crippen molar-refractivity contribution in [2.45, 2.75) is 63.3 Å². The summed E-state index contributed by atoms with van der Waals surface area (Å²) in [7, 11) is 0. The molecule has 3 aliphatic rings. The molecule has 0 radical (unpaired) electrons. The van der Waals surface area contributed by atoms with Crippen molar-refractivity contribution in [2.75, 3.05) is 5.48 Å². The maximum absolute atomic E-state index is 12.4. The van der Waals surface area contributed by atoms with E-state index in [2.05, 4.69) is 4.98 Å². The van der Waals surface area contributed by atoms with Crippen molar-refractivity contribution in [1.29, 1.82) is 0 Å². The molecule has 1 saturated carbocycles. The summed E-state index contributed by atoms with van der Waals surface area (Å²) in [6.07, 6.45) is -0.627. The number of nitrogens with one attached hydrogen (secondary N) is 1. The molecule has 0 bridgehead atoms. The molecule has 2 aliphatic heterocycles. The first-order valence-corrected chi connectivity index (χ1v) is 10.2. The number of aromatic nitrogens is 2. The molecule has 2 N–H and O–H groups in total. The van der Waals surface area contributed by atoms with Crippen LogP contribution in [-0.4, -0.2) is 50.4 Å². The Morgan fingerprint density at radius 2 is 2.00 bits per heavy atom. The van der Waals surface area contributed by atoms with E-state index in [-0.39, 0.29) is 17.9 Å². The zero-order valence-corrected chi connectivity index (χ0v) is 17.7. The van der Waals surface area contributed by atoms with Gasteiger partial charge in [-0.2, -0.15) is 4.98 Å². The number of hydrogen-bond acceptors (Lipinski definition) is 10. The third-order valence-corrected chi connectivity index (χ3v) is 5.71. The lowest BCUT2D eigenvalue weighted by molar-refractivity contribution is -0.184. The first kappa shape index (κ1) is 21.0. The number of carbonyl (C=O) groups excluding carboxylic acids is 1. The molecule has 1 aromatic heterocycles. The number of benzene rings is 1. The molecule has 2 saturated heterocycles. The lowest BCUT2D eigenvalue weighted by Crippen LogP contribution is -2.39. The van der Waals surface area contributed by atoms with Crippen molar-refractivity contribution >= 4 is 11.8 Å². The number of ether oxygens (including phenoxy) is 5. The van der Waals surface area contributed by atoms with Gasteiger partial charge in [-0.1, -0.05) is 12.1 Å². The summed E-state index contributed by atoms with van der Waals surface area (Å²) < 4.78 is 30.9. The second-order valence-corrected chi connectivity index (χ2v) is 8.42. The lowest BCUT2D eigenvalue weighted by atomic mass is 10.1. The highest BCUT2D eigenvalue weighted by Crippen LogP contribution is 2.64. The Bertz CT molecular complexity index is 1100. The predicted octanol–water partition coefficient (Wildman–Crippen LogP) is 1.36. The summed E-state index contributed by atoms with van der Waals surface area (Å²) >= 11 is 0. The number of hydrogen-bond donors (Lipinski definition) is 2. The van der Waals surface area contributed by atoms with Crippen LogP contribution in [0.5, 0.6) is 5.75 Å². The first-order valence-electron chi connectivity index (χ1n) is 10.2. The van der Waals surface area contributed by atoms with Crippen LogP contribution < -0.4 is 15.9 Å². The van der Waals surface area contributed by atoms with E-state index in [1.54, 1.807) is 26.0 Å². The minimum atomic E-state index is -0.877. The van der Waals surface area contributed by atoms with Gasteiger partial charge in [0.25, 0.3) is 0 Å². The number of carbonyl (C=O) groups is 1. The summed E-state index contributed by atoms with van der Waals surface area (Å²) in [6, 6.07) is 8.48. The summed E-state index contributed by atoms with van der Waals surface area (Å²) in [4.78, 5) is 27.2. The second-order valence-electron chi connectivity index (χ2n) is 8.42. The second kappa shape index (κ2) is 7.36. The monoisotopic (exact) mass is 445 g/mol. The number of anilines is 1. The molecule has 5 rings (SSSR count). The minimum Gasteiger partial charge on any atom is -0.427 e. The van der Waals surface area contributed by atoms with Crippen LogP contribution in [0.4, 0.5) is 5.82 Å². The Hall–Kier alpha value is -2.83. The van der Waals surface area contributed by atoms with Gasteiger partial charge in [-0.25, -0.2) is 4.79 Å². The van der Waals surface area contributed by atoms with Gasteiger partial charge < -0.3 is 23.7 Å². The summed E-state index contributed by atoms with van der Waals surface area (Å²) in [5, 5.41) is 8.95. The Morgan fingerprint density at radius 1 is 1.25 bits per heavy atom. The van der Waals surface area contributed by atoms with Crippen LogP contribution in [0.1, 0.15) is 32.6 Å². The largest absolute Gasteiger partial charge is 0.427 e. The number of nitrogens with zero attached hydrogens (tertiary/aromatic N) is 2. The van der Waals surface area contributed by atoms with Gasteiger partial charge in [0.2, 0.25) is 0 Å². The molecular formula is C21H23N3O8. The van der Waals surface area contributed by atoms with Crippen molar-refractivity contribution in [3.8, 4) is 5.75 Å². The van der Waals surface area contributed by atoms with Gasteiger partial charge in [0.1, 0.15) is 24.1 Å².